The summed E-state index contributed by atoms with van der Waals surface area (Å²) in [6.45, 7) is -0.0450. The highest BCUT2D eigenvalue weighted by molar-refractivity contribution is 8.18. The maximum absolute atomic E-state index is 12.1. The van der Waals surface area contributed by atoms with Crippen molar-refractivity contribution in [2.75, 3.05) is 6.54 Å². The summed E-state index contributed by atoms with van der Waals surface area (Å²) in [5.74, 6) is 2.93. The number of thioether (sulfide) groups is 1. The van der Waals surface area contributed by atoms with Crippen molar-refractivity contribution in [2.24, 2.45) is 0 Å². The Kier molecular flexibility index (Phi) is 4.24. The first kappa shape index (κ1) is 15.7. The van der Waals surface area contributed by atoms with Crippen molar-refractivity contribution in [3.8, 4) is 29.7 Å². The van der Waals surface area contributed by atoms with E-state index in [-0.39, 0.29) is 16.7 Å². The number of hydrogen-bond donors (Lipinski definition) is 0. The molecule has 0 N–H and O–H groups in total. The quantitative estimate of drug-likeness (QED) is 0.634. The first-order chi connectivity index (χ1) is 11.6. The van der Waals surface area contributed by atoms with E-state index >= 15 is 0 Å². The number of carbonyl (C=O) groups is 2. The number of carbonyl (C=O) groups excluding carboxylic acids is 2. The van der Waals surface area contributed by atoms with Gasteiger partial charge in [-0.05, 0) is 48.2 Å². The first-order valence-corrected chi connectivity index (χ1v) is 7.73. The van der Waals surface area contributed by atoms with Gasteiger partial charge in [-0.15, -0.1) is 6.42 Å². The summed E-state index contributed by atoms with van der Waals surface area (Å²) in [6.07, 6.45) is 6.68. The standard InChI is InChI=1S/C18H10N2O3S/c1-2-9-20-17(21)16(24-18(20)22)10-14-7-8-15(23-14)13-5-3-12(11-19)4-6-13/h1,3-8,10H,9H2/b16-10+. The Morgan fingerprint density at radius 1 is 1.21 bits per heavy atom. The molecule has 0 atom stereocenters. The Morgan fingerprint density at radius 2 is 1.96 bits per heavy atom. The van der Waals surface area contributed by atoms with Crippen molar-refractivity contribution >= 4 is 29.0 Å². The fourth-order valence-corrected chi connectivity index (χ4v) is 2.97. The summed E-state index contributed by atoms with van der Waals surface area (Å²) in [4.78, 5) is 25.1. The molecule has 0 bridgehead atoms. The maximum Gasteiger partial charge on any atom is 0.294 e. The van der Waals surface area contributed by atoms with E-state index in [1.165, 1.54) is 6.08 Å². The summed E-state index contributed by atoms with van der Waals surface area (Å²) < 4.78 is 5.69. The van der Waals surface area contributed by atoms with Gasteiger partial charge in [0.1, 0.15) is 11.5 Å². The van der Waals surface area contributed by atoms with Crippen LogP contribution in [0.15, 0.2) is 45.7 Å². The van der Waals surface area contributed by atoms with Gasteiger partial charge >= 0.3 is 0 Å². The molecular formula is C18H10N2O3S. The van der Waals surface area contributed by atoms with Crippen molar-refractivity contribution in [3.63, 3.8) is 0 Å². The lowest BCUT2D eigenvalue weighted by atomic mass is 10.1. The van der Waals surface area contributed by atoms with Crippen molar-refractivity contribution in [1.29, 1.82) is 5.26 Å². The molecule has 2 amide bonds. The molecule has 24 heavy (non-hydrogen) atoms. The van der Waals surface area contributed by atoms with Gasteiger partial charge in [-0.2, -0.15) is 5.26 Å². The number of benzene rings is 1. The zero-order valence-electron chi connectivity index (χ0n) is 12.4. The van der Waals surface area contributed by atoms with Gasteiger partial charge in [-0.25, -0.2) is 0 Å². The van der Waals surface area contributed by atoms with Crippen molar-refractivity contribution in [3.05, 3.63) is 52.6 Å². The number of nitriles is 1. The van der Waals surface area contributed by atoms with E-state index in [1.807, 2.05) is 0 Å². The average Bonchev–Trinajstić information content (AvgIpc) is 3.16. The summed E-state index contributed by atoms with van der Waals surface area (Å²) in [5, 5.41) is 8.42. The van der Waals surface area contributed by atoms with Gasteiger partial charge in [0.15, 0.2) is 0 Å². The van der Waals surface area contributed by atoms with Gasteiger partial charge in [0.05, 0.1) is 23.1 Å². The van der Waals surface area contributed by atoms with E-state index in [0.29, 0.717) is 17.1 Å². The first-order valence-electron chi connectivity index (χ1n) is 6.91. The van der Waals surface area contributed by atoms with E-state index < -0.39 is 5.91 Å². The van der Waals surface area contributed by atoms with E-state index in [9.17, 15) is 9.59 Å². The van der Waals surface area contributed by atoms with Crippen LogP contribution in [0, 0.1) is 23.7 Å². The number of nitrogens with zero attached hydrogens (tertiary/aromatic N) is 2. The lowest BCUT2D eigenvalue weighted by Gasteiger charge is -2.06. The Bertz CT molecular complexity index is 926. The molecule has 116 valence electrons. The molecule has 5 nitrogen and oxygen atoms in total. The Labute approximate surface area is 142 Å². The summed E-state index contributed by atoms with van der Waals surface area (Å²) >= 11 is 0.834. The molecule has 0 saturated carbocycles. The molecule has 1 aromatic heterocycles. The molecule has 0 aliphatic carbocycles. The molecule has 1 saturated heterocycles. The third kappa shape index (κ3) is 2.96. The third-order valence-corrected chi connectivity index (χ3v) is 4.23. The van der Waals surface area contributed by atoms with E-state index in [2.05, 4.69) is 12.0 Å². The second-order valence-corrected chi connectivity index (χ2v) is 5.86. The largest absolute Gasteiger partial charge is 0.457 e. The predicted molar refractivity (Wildman–Crippen MR) is 90.4 cm³/mol. The fourth-order valence-electron chi connectivity index (χ4n) is 2.15. The van der Waals surface area contributed by atoms with Gasteiger partial charge in [-0.3, -0.25) is 14.5 Å². The normalized spacial score (nSPS) is 15.6. The van der Waals surface area contributed by atoms with Gasteiger partial charge in [0.25, 0.3) is 11.1 Å². The van der Waals surface area contributed by atoms with E-state index in [4.69, 9.17) is 16.1 Å². The predicted octanol–water partition coefficient (Wildman–Crippen LogP) is 3.49. The summed E-state index contributed by atoms with van der Waals surface area (Å²) in [5.41, 5.74) is 1.38. The molecule has 2 heterocycles. The monoisotopic (exact) mass is 334 g/mol. The number of rotatable bonds is 3. The summed E-state index contributed by atoms with van der Waals surface area (Å²) in [7, 11) is 0. The van der Waals surface area contributed by atoms with Crippen LogP contribution in [0.2, 0.25) is 0 Å². The number of terminal acetylenes is 1. The summed E-state index contributed by atoms with van der Waals surface area (Å²) in [6, 6.07) is 12.5. The maximum atomic E-state index is 12.1. The van der Waals surface area contributed by atoms with Crippen molar-refractivity contribution in [2.45, 2.75) is 0 Å². The van der Waals surface area contributed by atoms with Crippen LogP contribution in [0.5, 0.6) is 0 Å². The molecule has 2 aromatic rings. The van der Waals surface area contributed by atoms with Crippen LogP contribution in [0.25, 0.3) is 17.4 Å². The Morgan fingerprint density at radius 3 is 2.62 bits per heavy atom. The molecular weight excluding hydrogens is 324 g/mol. The zero-order valence-corrected chi connectivity index (χ0v) is 13.2. The zero-order chi connectivity index (χ0) is 17.1. The minimum atomic E-state index is -0.417. The highest BCUT2D eigenvalue weighted by Crippen LogP contribution is 2.33. The van der Waals surface area contributed by atoms with Crippen LogP contribution in [-0.4, -0.2) is 22.6 Å². The molecule has 3 rings (SSSR count). The molecule has 1 aliphatic rings. The number of hydrogen-bond acceptors (Lipinski definition) is 5. The topological polar surface area (TPSA) is 74.3 Å². The number of imide groups is 1. The van der Waals surface area contributed by atoms with Gasteiger partial charge in [0, 0.05) is 11.6 Å². The van der Waals surface area contributed by atoms with E-state index in [0.717, 1.165) is 22.2 Å². The molecule has 0 unspecified atom stereocenters. The minimum Gasteiger partial charge on any atom is -0.457 e. The number of furan rings is 1. The Hall–Kier alpha value is -3.22. The third-order valence-electron chi connectivity index (χ3n) is 3.32. The lowest BCUT2D eigenvalue weighted by Crippen LogP contribution is -2.28. The number of amides is 2. The lowest BCUT2D eigenvalue weighted by molar-refractivity contribution is -0.122. The van der Waals surface area contributed by atoms with Crippen molar-refractivity contribution < 1.29 is 14.0 Å². The van der Waals surface area contributed by atoms with Crippen LogP contribution in [0.3, 0.4) is 0 Å². The van der Waals surface area contributed by atoms with Gasteiger partial charge in [-0.1, -0.05) is 5.92 Å². The van der Waals surface area contributed by atoms with Crippen LogP contribution < -0.4 is 0 Å². The molecule has 1 fully saturated rings. The van der Waals surface area contributed by atoms with E-state index in [1.54, 1.807) is 36.4 Å². The van der Waals surface area contributed by atoms with Crippen molar-refractivity contribution in [1.82, 2.24) is 4.90 Å². The average molecular weight is 334 g/mol. The molecule has 1 aliphatic heterocycles. The SMILES string of the molecule is C#CCN1C(=O)S/C(=C/c2ccc(-c3ccc(C#N)cc3)o2)C1=O. The smallest absolute Gasteiger partial charge is 0.294 e. The second kappa shape index (κ2) is 6.49. The highest BCUT2D eigenvalue weighted by Gasteiger charge is 2.34. The fraction of sp³-hybridized carbons (Fsp3) is 0.0556. The molecule has 0 radical (unpaired) electrons. The Balaban J connectivity index is 1.84. The van der Waals surface area contributed by atoms with Gasteiger partial charge < -0.3 is 4.42 Å². The molecule has 0 spiro atoms. The molecule has 1 aromatic carbocycles. The van der Waals surface area contributed by atoms with Crippen LogP contribution >= 0.6 is 11.8 Å². The van der Waals surface area contributed by atoms with Gasteiger partial charge in [0.2, 0.25) is 0 Å². The minimum absolute atomic E-state index is 0.0450. The molecule has 6 heteroatoms. The van der Waals surface area contributed by atoms with Crippen LogP contribution in [-0.2, 0) is 4.79 Å². The van der Waals surface area contributed by atoms with Crippen LogP contribution in [0.4, 0.5) is 4.79 Å². The second-order valence-electron chi connectivity index (χ2n) is 4.86. The van der Waals surface area contributed by atoms with Crippen LogP contribution in [0.1, 0.15) is 11.3 Å². The highest BCUT2D eigenvalue weighted by atomic mass is 32.2.